The Morgan fingerprint density at radius 3 is 2.36 bits per heavy atom. The van der Waals surface area contributed by atoms with E-state index < -0.39 is 4.87 Å². The molecule has 0 atom stereocenters. The standard InChI is InChI=1S/C8H13N3O2S/c1-5(12)9-7-10-11(6(2)13)8(3,4)14-7/h1-4H3,(H,9,10,12). The number of hydrogen-bond donors (Lipinski definition) is 1. The molecule has 1 heterocycles. The molecule has 0 spiro atoms. The van der Waals surface area contributed by atoms with Gasteiger partial charge in [0.1, 0.15) is 4.87 Å². The summed E-state index contributed by atoms with van der Waals surface area (Å²) in [5.41, 5.74) is 0. The quantitative estimate of drug-likeness (QED) is 0.648. The molecule has 1 aliphatic rings. The highest BCUT2D eigenvalue weighted by Crippen LogP contribution is 2.35. The molecule has 14 heavy (non-hydrogen) atoms. The fourth-order valence-electron chi connectivity index (χ4n) is 1.16. The highest BCUT2D eigenvalue weighted by Gasteiger charge is 2.37. The van der Waals surface area contributed by atoms with Gasteiger partial charge in [0.25, 0.3) is 0 Å². The summed E-state index contributed by atoms with van der Waals surface area (Å²) in [5.74, 6) is -0.319. The van der Waals surface area contributed by atoms with Crippen LogP contribution in [-0.2, 0) is 9.59 Å². The van der Waals surface area contributed by atoms with E-state index in [1.165, 1.54) is 30.6 Å². The Morgan fingerprint density at radius 2 is 2.00 bits per heavy atom. The Hall–Kier alpha value is -1.04. The first kappa shape index (κ1) is 11.0. The topological polar surface area (TPSA) is 61.8 Å². The normalized spacial score (nSPS) is 19.1. The number of carbonyl (C=O) groups excluding carboxylic acids is 2. The van der Waals surface area contributed by atoms with Gasteiger partial charge in [0.15, 0.2) is 5.17 Å². The van der Waals surface area contributed by atoms with Crippen molar-refractivity contribution in [1.82, 2.24) is 10.3 Å². The predicted octanol–water partition coefficient (Wildman–Crippen LogP) is 0.725. The maximum atomic E-state index is 11.2. The van der Waals surface area contributed by atoms with E-state index in [9.17, 15) is 9.59 Å². The Bertz CT molecular complexity index is 312. The number of nitrogens with one attached hydrogen (secondary N) is 1. The minimum Gasteiger partial charge on any atom is -0.304 e. The fourth-order valence-corrected chi connectivity index (χ4v) is 2.21. The van der Waals surface area contributed by atoms with Gasteiger partial charge in [0.05, 0.1) is 0 Å². The van der Waals surface area contributed by atoms with Crippen molar-refractivity contribution in [2.75, 3.05) is 0 Å². The van der Waals surface area contributed by atoms with Crippen LogP contribution >= 0.6 is 11.8 Å². The zero-order valence-corrected chi connectivity index (χ0v) is 9.44. The summed E-state index contributed by atoms with van der Waals surface area (Å²) in [5, 5.41) is 8.41. The Balaban J connectivity index is 2.81. The van der Waals surface area contributed by atoms with E-state index in [1.54, 1.807) is 0 Å². The molecule has 0 aliphatic carbocycles. The lowest BCUT2D eigenvalue weighted by Crippen LogP contribution is -2.37. The lowest BCUT2D eigenvalue weighted by atomic mass is 10.3. The monoisotopic (exact) mass is 215 g/mol. The molecular weight excluding hydrogens is 202 g/mol. The third kappa shape index (κ3) is 2.25. The molecule has 78 valence electrons. The van der Waals surface area contributed by atoms with Crippen molar-refractivity contribution in [2.45, 2.75) is 32.6 Å². The van der Waals surface area contributed by atoms with E-state index in [0.717, 1.165) is 0 Å². The van der Waals surface area contributed by atoms with E-state index in [4.69, 9.17) is 0 Å². The number of amides is 2. The van der Waals surface area contributed by atoms with Crippen LogP contribution in [0.15, 0.2) is 5.10 Å². The largest absolute Gasteiger partial charge is 0.304 e. The van der Waals surface area contributed by atoms with Crippen molar-refractivity contribution in [2.24, 2.45) is 5.10 Å². The molecule has 0 aromatic heterocycles. The van der Waals surface area contributed by atoms with Crippen molar-refractivity contribution in [3.8, 4) is 0 Å². The van der Waals surface area contributed by atoms with Crippen LogP contribution in [-0.4, -0.2) is 26.9 Å². The summed E-state index contributed by atoms with van der Waals surface area (Å²) < 4.78 is 0. The third-order valence-electron chi connectivity index (χ3n) is 1.63. The molecule has 2 amide bonds. The van der Waals surface area contributed by atoms with Crippen LogP contribution in [0, 0.1) is 0 Å². The van der Waals surface area contributed by atoms with Gasteiger partial charge in [-0.25, -0.2) is 5.01 Å². The van der Waals surface area contributed by atoms with E-state index >= 15 is 0 Å². The van der Waals surface area contributed by atoms with Crippen molar-refractivity contribution in [3.63, 3.8) is 0 Å². The molecule has 1 aliphatic heterocycles. The van der Waals surface area contributed by atoms with Crippen molar-refractivity contribution in [3.05, 3.63) is 0 Å². The van der Waals surface area contributed by atoms with Crippen molar-refractivity contribution < 1.29 is 9.59 Å². The van der Waals surface area contributed by atoms with Crippen LogP contribution in [0.2, 0.25) is 0 Å². The van der Waals surface area contributed by atoms with Gasteiger partial charge in [-0.05, 0) is 13.8 Å². The molecule has 0 unspecified atom stereocenters. The first-order valence-corrected chi connectivity index (χ1v) is 5.00. The molecule has 0 saturated heterocycles. The van der Waals surface area contributed by atoms with E-state index in [-0.39, 0.29) is 11.8 Å². The average Bonchev–Trinajstić information content (AvgIpc) is 2.23. The lowest BCUT2D eigenvalue weighted by Gasteiger charge is -2.25. The van der Waals surface area contributed by atoms with Crippen LogP contribution < -0.4 is 5.32 Å². The zero-order valence-electron chi connectivity index (χ0n) is 8.62. The summed E-state index contributed by atoms with van der Waals surface area (Å²) in [6.07, 6.45) is 0. The fraction of sp³-hybridized carbons (Fsp3) is 0.625. The molecule has 0 aromatic carbocycles. The smallest absolute Gasteiger partial charge is 0.240 e. The Morgan fingerprint density at radius 1 is 1.43 bits per heavy atom. The number of thioether (sulfide) groups is 1. The highest BCUT2D eigenvalue weighted by atomic mass is 32.2. The van der Waals surface area contributed by atoms with Crippen LogP contribution in [0.25, 0.3) is 0 Å². The van der Waals surface area contributed by atoms with Gasteiger partial charge < -0.3 is 5.32 Å². The number of hydrogen-bond acceptors (Lipinski definition) is 4. The summed E-state index contributed by atoms with van der Waals surface area (Å²) in [6.45, 7) is 6.60. The van der Waals surface area contributed by atoms with Crippen molar-refractivity contribution >= 4 is 28.7 Å². The number of carbonyl (C=O) groups is 2. The summed E-state index contributed by atoms with van der Waals surface area (Å²) in [4.78, 5) is 21.5. The third-order valence-corrected chi connectivity index (χ3v) is 2.68. The van der Waals surface area contributed by atoms with Crippen LogP contribution in [0.5, 0.6) is 0 Å². The summed E-state index contributed by atoms with van der Waals surface area (Å²) in [6, 6.07) is 0. The summed E-state index contributed by atoms with van der Waals surface area (Å²) in [7, 11) is 0. The molecule has 0 fully saturated rings. The molecule has 1 N–H and O–H groups in total. The second kappa shape index (κ2) is 3.61. The number of hydrazone groups is 1. The van der Waals surface area contributed by atoms with Gasteiger partial charge in [-0.15, -0.1) is 5.10 Å². The van der Waals surface area contributed by atoms with Gasteiger partial charge in [-0.1, -0.05) is 11.8 Å². The lowest BCUT2D eigenvalue weighted by molar-refractivity contribution is -0.131. The number of amidine groups is 1. The average molecular weight is 215 g/mol. The SMILES string of the molecule is CC(=O)NC1=NN(C(C)=O)C(C)(C)S1. The Kier molecular flexibility index (Phi) is 2.84. The molecule has 1 rings (SSSR count). The van der Waals surface area contributed by atoms with E-state index in [2.05, 4.69) is 10.4 Å². The second-order valence-corrected chi connectivity index (χ2v) is 5.06. The Labute approximate surface area is 86.9 Å². The van der Waals surface area contributed by atoms with Gasteiger partial charge >= 0.3 is 0 Å². The molecule has 0 saturated carbocycles. The molecular formula is C8H13N3O2S. The first-order valence-electron chi connectivity index (χ1n) is 4.19. The number of nitrogens with zero attached hydrogens (tertiary/aromatic N) is 2. The molecule has 0 aromatic rings. The highest BCUT2D eigenvalue weighted by molar-refractivity contribution is 8.15. The van der Waals surface area contributed by atoms with Crippen LogP contribution in [0.4, 0.5) is 0 Å². The maximum Gasteiger partial charge on any atom is 0.240 e. The van der Waals surface area contributed by atoms with Gasteiger partial charge in [-0.2, -0.15) is 0 Å². The van der Waals surface area contributed by atoms with E-state index in [1.807, 2.05) is 13.8 Å². The second-order valence-electron chi connectivity index (χ2n) is 3.47. The van der Waals surface area contributed by atoms with Crippen LogP contribution in [0.1, 0.15) is 27.7 Å². The number of rotatable bonds is 0. The molecule has 6 heteroatoms. The predicted molar refractivity (Wildman–Crippen MR) is 55.4 cm³/mol. The first-order chi connectivity index (χ1) is 6.33. The van der Waals surface area contributed by atoms with Gasteiger partial charge in [-0.3, -0.25) is 9.59 Å². The van der Waals surface area contributed by atoms with Gasteiger partial charge in [0.2, 0.25) is 11.8 Å². The maximum absolute atomic E-state index is 11.2. The van der Waals surface area contributed by atoms with Crippen molar-refractivity contribution in [1.29, 1.82) is 0 Å². The minimum atomic E-state index is -0.427. The van der Waals surface area contributed by atoms with Gasteiger partial charge in [0, 0.05) is 13.8 Å². The molecule has 0 radical (unpaired) electrons. The molecule has 5 nitrogen and oxygen atoms in total. The summed E-state index contributed by atoms with van der Waals surface area (Å²) >= 11 is 1.36. The van der Waals surface area contributed by atoms with Crippen LogP contribution in [0.3, 0.4) is 0 Å². The van der Waals surface area contributed by atoms with E-state index in [0.29, 0.717) is 5.17 Å². The minimum absolute atomic E-state index is 0.136. The zero-order chi connectivity index (χ0) is 10.9. The molecule has 0 bridgehead atoms.